The quantitative estimate of drug-likeness (QED) is 0.531. The van der Waals surface area contributed by atoms with E-state index in [2.05, 4.69) is 4.90 Å². The van der Waals surface area contributed by atoms with E-state index in [1.54, 1.807) is 26.0 Å². The van der Waals surface area contributed by atoms with Gasteiger partial charge in [-0.1, -0.05) is 19.9 Å². The Morgan fingerprint density at radius 1 is 1.27 bits per heavy atom. The summed E-state index contributed by atoms with van der Waals surface area (Å²) in [4.78, 5) is 38.7. The molecule has 0 amide bonds. The van der Waals surface area contributed by atoms with E-state index in [-0.39, 0.29) is 18.4 Å². The van der Waals surface area contributed by atoms with Gasteiger partial charge in [-0.2, -0.15) is 0 Å². The average molecular weight is 456 g/mol. The number of aldehydes is 1. The topological polar surface area (TPSA) is 102 Å². The van der Waals surface area contributed by atoms with Gasteiger partial charge < -0.3 is 24.2 Å². The standard InChI is InChI=1S/C25H29NO7/c1-13(2)22(28)31-14(3)23(29)32-17-7-8-25(30)18-11-15-5-6-16(12-27)20-19(15)24(25,21(17)33-20)9-10-26(18)4/h5-7,12-14,18,21,30H,8-11H2,1-4H3/t14-,18+,21-,24-,25+/m0/s1. The first-order valence-electron chi connectivity index (χ1n) is 11.5. The van der Waals surface area contributed by atoms with Gasteiger partial charge in [0.1, 0.15) is 11.5 Å². The highest BCUT2D eigenvalue weighted by atomic mass is 16.6. The molecule has 2 bridgehead atoms. The van der Waals surface area contributed by atoms with Gasteiger partial charge in [-0.3, -0.25) is 9.59 Å². The predicted octanol–water partition coefficient (Wildman–Crippen LogP) is 1.91. The second kappa shape index (κ2) is 7.40. The number of aliphatic hydroxyl groups is 1. The molecule has 1 fully saturated rings. The number of benzene rings is 1. The van der Waals surface area contributed by atoms with Gasteiger partial charge in [-0.15, -0.1) is 0 Å². The van der Waals surface area contributed by atoms with Crippen molar-refractivity contribution in [1.29, 1.82) is 0 Å². The molecule has 176 valence electrons. The summed E-state index contributed by atoms with van der Waals surface area (Å²) < 4.78 is 17.3. The van der Waals surface area contributed by atoms with E-state index >= 15 is 0 Å². The minimum absolute atomic E-state index is 0.127. The molecule has 1 N–H and O–H groups in total. The molecule has 0 saturated carbocycles. The Bertz CT molecular complexity index is 1080. The normalized spacial score (nSPS) is 32.4. The SMILES string of the molecule is CC(C)C(=O)O[C@@H](C)C(=O)OC1=CC[C@@]2(O)[C@H]3Cc4ccc(C=O)c5c4[C@@]2(CCN3C)[C@H]1O5. The molecule has 8 nitrogen and oxygen atoms in total. The first-order valence-corrected chi connectivity index (χ1v) is 11.5. The van der Waals surface area contributed by atoms with E-state index in [0.717, 1.165) is 24.0 Å². The number of likely N-dealkylation sites (tertiary alicyclic amines) is 1. The molecular formula is C25H29NO7. The van der Waals surface area contributed by atoms with Crippen LogP contribution in [0.2, 0.25) is 0 Å². The smallest absolute Gasteiger partial charge is 0.352 e. The number of esters is 2. The molecule has 5 rings (SSSR count). The maximum absolute atomic E-state index is 12.8. The molecule has 33 heavy (non-hydrogen) atoms. The number of ether oxygens (including phenoxy) is 3. The minimum atomic E-state index is -1.13. The van der Waals surface area contributed by atoms with Gasteiger partial charge in [0.25, 0.3) is 0 Å². The van der Waals surface area contributed by atoms with Crippen LogP contribution in [0.25, 0.3) is 0 Å². The molecule has 4 aliphatic rings. The highest BCUT2D eigenvalue weighted by Gasteiger charge is 2.71. The van der Waals surface area contributed by atoms with Crippen LogP contribution in [0.15, 0.2) is 24.0 Å². The zero-order chi connectivity index (χ0) is 23.7. The summed E-state index contributed by atoms with van der Waals surface area (Å²) in [5.41, 5.74) is 0.378. The Morgan fingerprint density at radius 2 is 2.03 bits per heavy atom. The van der Waals surface area contributed by atoms with Crippen molar-refractivity contribution in [2.75, 3.05) is 13.6 Å². The molecular weight excluding hydrogens is 426 g/mol. The molecule has 5 atom stereocenters. The fourth-order valence-electron chi connectivity index (χ4n) is 6.12. The van der Waals surface area contributed by atoms with Crippen molar-refractivity contribution in [1.82, 2.24) is 4.90 Å². The van der Waals surface area contributed by atoms with E-state index in [4.69, 9.17) is 14.2 Å². The van der Waals surface area contributed by atoms with Gasteiger partial charge >= 0.3 is 11.9 Å². The van der Waals surface area contributed by atoms with Crippen molar-refractivity contribution >= 4 is 18.2 Å². The second-order valence-corrected chi connectivity index (χ2v) is 9.95. The molecule has 1 aromatic carbocycles. The Balaban J connectivity index is 1.55. The van der Waals surface area contributed by atoms with E-state index in [0.29, 0.717) is 29.9 Å². The molecule has 1 spiro atoms. The maximum Gasteiger partial charge on any atom is 0.352 e. The molecule has 2 aliphatic heterocycles. The van der Waals surface area contributed by atoms with Gasteiger partial charge in [0.15, 0.2) is 18.5 Å². The summed E-state index contributed by atoms with van der Waals surface area (Å²) in [6.45, 7) is 5.59. The predicted molar refractivity (Wildman–Crippen MR) is 117 cm³/mol. The Morgan fingerprint density at radius 3 is 2.73 bits per heavy atom. The van der Waals surface area contributed by atoms with Crippen molar-refractivity contribution in [3.05, 3.63) is 40.7 Å². The summed E-state index contributed by atoms with van der Waals surface area (Å²) in [5.74, 6) is -0.791. The first-order chi connectivity index (χ1) is 15.6. The third-order valence-electron chi connectivity index (χ3n) is 7.85. The van der Waals surface area contributed by atoms with Gasteiger partial charge in [0, 0.05) is 18.0 Å². The van der Waals surface area contributed by atoms with Crippen molar-refractivity contribution in [3.8, 4) is 5.75 Å². The number of hydrogen-bond acceptors (Lipinski definition) is 8. The van der Waals surface area contributed by atoms with Crippen LogP contribution in [0.3, 0.4) is 0 Å². The number of nitrogens with zero attached hydrogens (tertiary/aromatic N) is 1. The zero-order valence-electron chi connectivity index (χ0n) is 19.3. The van der Waals surface area contributed by atoms with Gasteiger partial charge in [-0.25, -0.2) is 4.79 Å². The van der Waals surface area contributed by atoms with Crippen molar-refractivity contribution < 1.29 is 33.7 Å². The van der Waals surface area contributed by atoms with Crippen LogP contribution in [0, 0.1) is 5.92 Å². The maximum atomic E-state index is 12.8. The van der Waals surface area contributed by atoms with Crippen molar-refractivity contribution in [2.24, 2.45) is 5.92 Å². The highest BCUT2D eigenvalue weighted by Crippen LogP contribution is 2.64. The van der Waals surface area contributed by atoms with Gasteiger partial charge in [0.05, 0.1) is 22.5 Å². The fourth-order valence-corrected chi connectivity index (χ4v) is 6.12. The molecule has 0 aromatic heterocycles. The highest BCUT2D eigenvalue weighted by molar-refractivity contribution is 5.83. The molecule has 2 heterocycles. The summed E-state index contributed by atoms with van der Waals surface area (Å²) in [6, 6.07) is 3.56. The van der Waals surface area contributed by atoms with E-state index in [1.807, 2.05) is 13.1 Å². The minimum Gasteiger partial charge on any atom is -0.480 e. The Labute approximate surface area is 192 Å². The lowest BCUT2D eigenvalue weighted by Gasteiger charge is -2.61. The number of carbonyl (C=O) groups is 3. The summed E-state index contributed by atoms with van der Waals surface area (Å²) in [7, 11) is 2.01. The largest absolute Gasteiger partial charge is 0.480 e. The summed E-state index contributed by atoms with van der Waals surface area (Å²) in [5, 5.41) is 12.1. The average Bonchev–Trinajstić information content (AvgIpc) is 3.13. The van der Waals surface area contributed by atoms with Crippen molar-refractivity contribution in [2.45, 2.75) is 69.3 Å². The number of likely N-dealkylation sites (N-methyl/N-ethyl adjacent to an activating group) is 1. The Kier molecular flexibility index (Phi) is 4.95. The van der Waals surface area contributed by atoms with E-state index in [9.17, 15) is 19.5 Å². The van der Waals surface area contributed by atoms with Gasteiger partial charge in [-0.05, 0) is 51.1 Å². The van der Waals surface area contributed by atoms with Crippen LogP contribution in [-0.2, 0) is 30.9 Å². The number of carbonyl (C=O) groups excluding carboxylic acids is 3. The number of rotatable bonds is 5. The molecule has 1 aromatic rings. The Hall–Kier alpha value is -2.71. The molecule has 1 saturated heterocycles. The summed E-state index contributed by atoms with van der Waals surface area (Å²) >= 11 is 0. The lowest BCUT2D eigenvalue weighted by Crippen LogP contribution is -2.74. The second-order valence-electron chi connectivity index (χ2n) is 9.95. The lowest BCUT2D eigenvalue weighted by molar-refractivity contribution is -0.176. The van der Waals surface area contributed by atoms with E-state index in [1.165, 1.54) is 6.92 Å². The third kappa shape index (κ3) is 2.86. The number of piperidine rings is 1. The van der Waals surface area contributed by atoms with Gasteiger partial charge in [0.2, 0.25) is 0 Å². The fraction of sp³-hybridized carbons (Fsp3) is 0.560. The molecule has 0 unspecified atom stereocenters. The van der Waals surface area contributed by atoms with E-state index < -0.39 is 35.2 Å². The molecule has 2 aliphatic carbocycles. The third-order valence-corrected chi connectivity index (χ3v) is 7.85. The van der Waals surface area contributed by atoms with Crippen LogP contribution in [0.1, 0.15) is 55.1 Å². The molecule has 8 heteroatoms. The zero-order valence-corrected chi connectivity index (χ0v) is 19.3. The van der Waals surface area contributed by atoms with Crippen molar-refractivity contribution in [3.63, 3.8) is 0 Å². The van der Waals surface area contributed by atoms with Crippen LogP contribution in [0.4, 0.5) is 0 Å². The lowest BCUT2D eigenvalue weighted by atomic mass is 9.50. The monoisotopic (exact) mass is 455 g/mol. The number of hydrogen-bond donors (Lipinski definition) is 1. The first kappa shape index (κ1) is 22.1. The van der Waals surface area contributed by atoms with Crippen LogP contribution in [0.5, 0.6) is 5.75 Å². The van der Waals surface area contributed by atoms with Crippen LogP contribution in [-0.4, -0.2) is 65.7 Å². The van der Waals surface area contributed by atoms with Crippen LogP contribution >= 0.6 is 0 Å². The summed E-state index contributed by atoms with van der Waals surface area (Å²) in [6.07, 6.45) is 2.16. The van der Waals surface area contributed by atoms with Crippen LogP contribution < -0.4 is 4.74 Å². The molecule has 0 radical (unpaired) electrons.